The van der Waals surface area contributed by atoms with E-state index in [2.05, 4.69) is 4.74 Å². The standard InChI is InChI=1S/C7H14O4S2/c1-4-6(11-13-12-3)10-7(8)9-5-2/h6H,4-5H2,1-3H3. The van der Waals surface area contributed by atoms with Crippen molar-refractivity contribution in [3.05, 3.63) is 0 Å². The van der Waals surface area contributed by atoms with Crippen molar-refractivity contribution in [1.82, 2.24) is 0 Å². The van der Waals surface area contributed by atoms with Gasteiger partial charge in [0.2, 0.25) is 6.29 Å². The topological polar surface area (TPSA) is 44.8 Å². The van der Waals surface area contributed by atoms with Gasteiger partial charge in [-0.15, -0.1) is 0 Å². The summed E-state index contributed by atoms with van der Waals surface area (Å²) in [4.78, 5) is 10.8. The summed E-state index contributed by atoms with van der Waals surface area (Å²) < 4.78 is 14.5. The summed E-state index contributed by atoms with van der Waals surface area (Å²) in [6.07, 6.45) is 1.27. The van der Waals surface area contributed by atoms with Gasteiger partial charge in [-0.2, -0.15) is 0 Å². The fraction of sp³-hybridized carbons (Fsp3) is 0.857. The molecule has 0 amide bonds. The first-order chi connectivity index (χ1) is 6.24. The molecule has 0 aliphatic heterocycles. The largest absolute Gasteiger partial charge is 0.510 e. The van der Waals surface area contributed by atoms with E-state index in [0.29, 0.717) is 13.0 Å². The van der Waals surface area contributed by atoms with Crippen molar-refractivity contribution in [2.45, 2.75) is 26.6 Å². The minimum absolute atomic E-state index is 0.310. The minimum atomic E-state index is -0.684. The maximum atomic E-state index is 10.8. The summed E-state index contributed by atoms with van der Waals surface area (Å²) >= 11 is 1.18. The van der Waals surface area contributed by atoms with Gasteiger partial charge in [-0.1, -0.05) is 17.7 Å². The number of ether oxygens (including phenoxy) is 2. The van der Waals surface area contributed by atoms with Crippen molar-refractivity contribution in [3.8, 4) is 0 Å². The number of carbonyl (C=O) groups excluding carboxylic acids is 1. The van der Waals surface area contributed by atoms with Crippen LogP contribution < -0.4 is 0 Å². The van der Waals surface area contributed by atoms with Crippen LogP contribution in [-0.4, -0.2) is 25.3 Å². The van der Waals surface area contributed by atoms with Crippen LogP contribution in [0.15, 0.2) is 0 Å². The van der Waals surface area contributed by atoms with E-state index in [1.165, 1.54) is 21.9 Å². The van der Waals surface area contributed by atoms with Gasteiger partial charge in [0, 0.05) is 6.42 Å². The summed E-state index contributed by atoms with van der Waals surface area (Å²) in [5, 5.41) is 0. The Kier molecular flexibility index (Phi) is 8.48. The van der Waals surface area contributed by atoms with Gasteiger partial charge < -0.3 is 9.47 Å². The van der Waals surface area contributed by atoms with E-state index < -0.39 is 12.4 Å². The van der Waals surface area contributed by atoms with E-state index in [1.807, 2.05) is 13.2 Å². The average Bonchev–Trinajstić information content (AvgIpc) is 2.12. The Labute approximate surface area is 86.3 Å². The zero-order valence-corrected chi connectivity index (χ0v) is 9.57. The molecule has 0 spiro atoms. The van der Waals surface area contributed by atoms with Crippen molar-refractivity contribution in [3.63, 3.8) is 0 Å². The molecule has 0 saturated carbocycles. The minimum Gasteiger partial charge on any atom is -0.435 e. The SMILES string of the molecule is CCOC(=O)OC(CC)OSSC. The molecule has 0 aromatic rings. The van der Waals surface area contributed by atoms with E-state index in [9.17, 15) is 4.79 Å². The van der Waals surface area contributed by atoms with Crippen LogP contribution in [0.4, 0.5) is 4.79 Å². The summed E-state index contributed by atoms with van der Waals surface area (Å²) in [5.74, 6) is 0. The van der Waals surface area contributed by atoms with Crippen LogP contribution in [0.3, 0.4) is 0 Å². The average molecular weight is 226 g/mol. The van der Waals surface area contributed by atoms with Crippen molar-refractivity contribution < 1.29 is 18.5 Å². The third-order valence-corrected chi connectivity index (χ3v) is 2.11. The molecular weight excluding hydrogens is 212 g/mol. The normalized spacial score (nSPS) is 12.2. The summed E-state index contributed by atoms with van der Waals surface area (Å²) in [6.45, 7) is 3.90. The van der Waals surface area contributed by atoms with Crippen LogP contribution in [0.1, 0.15) is 20.3 Å². The van der Waals surface area contributed by atoms with Crippen LogP contribution in [0.25, 0.3) is 0 Å². The highest BCUT2D eigenvalue weighted by Crippen LogP contribution is 2.22. The first-order valence-corrected chi connectivity index (χ1v) is 6.42. The van der Waals surface area contributed by atoms with Crippen LogP contribution in [-0.2, 0) is 13.7 Å². The van der Waals surface area contributed by atoms with Crippen LogP contribution in [0.5, 0.6) is 0 Å². The smallest absolute Gasteiger partial charge is 0.435 e. The molecule has 4 nitrogen and oxygen atoms in total. The number of rotatable bonds is 6. The Morgan fingerprint density at radius 3 is 2.62 bits per heavy atom. The van der Waals surface area contributed by atoms with Gasteiger partial charge in [0.25, 0.3) is 0 Å². The molecule has 1 atom stereocenters. The van der Waals surface area contributed by atoms with Crippen molar-refractivity contribution in [2.75, 3.05) is 12.9 Å². The molecule has 0 N–H and O–H groups in total. The van der Waals surface area contributed by atoms with Crippen LogP contribution in [0.2, 0.25) is 0 Å². The molecular formula is C7H14O4S2. The molecule has 13 heavy (non-hydrogen) atoms. The molecule has 0 fully saturated rings. The van der Waals surface area contributed by atoms with Crippen molar-refractivity contribution in [1.29, 1.82) is 0 Å². The zero-order chi connectivity index (χ0) is 10.1. The fourth-order valence-corrected chi connectivity index (χ4v) is 1.35. The van der Waals surface area contributed by atoms with Gasteiger partial charge >= 0.3 is 6.16 Å². The Morgan fingerprint density at radius 2 is 2.15 bits per heavy atom. The molecule has 1 unspecified atom stereocenters. The second-order valence-corrected chi connectivity index (χ2v) is 4.04. The number of carbonyl (C=O) groups is 1. The number of hydrogen-bond acceptors (Lipinski definition) is 6. The Balaban J connectivity index is 3.62. The molecule has 6 heteroatoms. The first-order valence-electron chi connectivity index (χ1n) is 3.94. The lowest BCUT2D eigenvalue weighted by Gasteiger charge is -2.13. The molecule has 0 aromatic carbocycles. The van der Waals surface area contributed by atoms with Crippen molar-refractivity contribution >= 4 is 28.0 Å². The van der Waals surface area contributed by atoms with E-state index in [4.69, 9.17) is 8.92 Å². The molecule has 78 valence electrons. The summed E-state index contributed by atoms with van der Waals surface area (Å²) in [5.41, 5.74) is 0. The fourth-order valence-electron chi connectivity index (χ4n) is 0.513. The Bertz CT molecular complexity index is 142. The lowest BCUT2D eigenvalue weighted by atomic mass is 10.5. The highest BCUT2D eigenvalue weighted by molar-refractivity contribution is 8.74. The van der Waals surface area contributed by atoms with Crippen LogP contribution in [0, 0.1) is 0 Å². The lowest BCUT2D eigenvalue weighted by Crippen LogP contribution is -2.18. The third-order valence-electron chi connectivity index (χ3n) is 1.04. The molecule has 0 rings (SSSR count). The molecule has 0 aliphatic rings. The highest BCUT2D eigenvalue weighted by Gasteiger charge is 2.13. The molecule has 0 heterocycles. The summed E-state index contributed by atoms with van der Waals surface area (Å²) in [7, 11) is 1.45. The van der Waals surface area contributed by atoms with E-state index in [-0.39, 0.29) is 0 Å². The molecule has 0 saturated heterocycles. The number of hydrogen-bond donors (Lipinski definition) is 0. The molecule has 0 radical (unpaired) electrons. The summed E-state index contributed by atoms with van der Waals surface area (Å²) in [6, 6.07) is 0. The molecule has 0 aromatic heterocycles. The molecule has 0 aliphatic carbocycles. The zero-order valence-electron chi connectivity index (χ0n) is 7.94. The Morgan fingerprint density at radius 1 is 1.46 bits per heavy atom. The quantitative estimate of drug-likeness (QED) is 0.300. The maximum Gasteiger partial charge on any atom is 0.510 e. The monoisotopic (exact) mass is 226 g/mol. The van der Waals surface area contributed by atoms with Gasteiger partial charge in [-0.25, -0.2) is 4.79 Å². The lowest BCUT2D eigenvalue weighted by molar-refractivity contribution is -0.0539. The second kappa shape index (κ2) is 8.52. The first kappa shape index (κ1) is 12.9. The van der Waals surface area contributed by atoms with Gasteiger partial charge in [-0.05, 0) is 13.2 Å². The van der Waals surface area contributed by atoms with E-state index in [0.717, 1.165) is 0 Å². The predicted molar refractivity (Wildman–Crippen MR) is 54.4 cm³/mol. The van der Waals surface area contributed by atoms with E-state index >= 15 is 0 Å². The van der Waals surface area contributed by atoms with E-state index in [1.54, 1.807) is 6.92 Å². The third kappa shape index (κ3) is 7.04. The highest BCUT2D eigenvalue weighted by atomic mass is 33.1. The van der Waals surface area contributed by atoms with Crippen LogP contribution >= 0.6 is 21.9 Å². The second-order valence-electron chi connectivity index (χ2n) is 1.97. The van der Waals surface area contributed by atoms with Gasteiger partial charge in [0.1, 0.15) is 0 Å². The maximum absolute atomic E-state index is 10.8. The van der Waals surface area contributed by atoms with Crippen molar-refractivity contribution in [2.24, 2.45) is 0 Å². The van der Waals surface area contributed by atoms with Gasteiger partial charge in [0.15, 0.2) is 0 Å². The van der Waals surface area contributed by atoms with Gasteiger partial charge in [0.05, 0.1) is 17.7 Å². The Hall–Kier alpha value is -0.0700. The van der Waals surface area contributed by atoms with Gasteiger partial charge in [-0.3, -0.25) is 4.18 Å². The predicted octanol–water partition coefficient (Wildman–Crippen LogP) is 2.84. The molecule has 0 bridgehead atoms.